The summed E-state index contributed by atoms with van der Waals surface area (Å²) in [7, 11) is 0. The molecule has 90 valence electrons. The van der Waals surface area contributed by atoms with E-state index in [2.05, 4.69) is 23.9 Å². The van der Waals surface area contributed by atoms with Crippen molar-refractivity contribution >= 4 is 11.6 Å². The normalized spacial score (nSPS) is 10.9. The summed E-state index contributed by atoms with van der Waals surface area (Å²) < 4.78 is 1.88. The first kappa shape index (κ1) is 12.1. The van der Waals surface area contributed by atoms with Crippen molar-refractivity contribution in [3.63, 3.8) is 0 Å². The topological polar surface area (TPSA) is 30.7 Å². The van der Waals surface area contributed by atoms with Crippen molar-refractivity contribution in [2.75, 3.05) is 0 Å². The van der Waals surface area contributed by atoms with Gasteiger partial charge in [0.05, 0.1) is 5.69 Å². The zero-order chi connectivity index (χ0) is 12.6. The highest BCUT2D eigenvalue weighted by Crippen LogP contribution is 2.17. The van der Waals surface area contributed by atoms with Gasteiger partial charge in [0.25, 0.3) is 0 Å². The summed E-state index contributed by atoms with van der Waals surface area (Å²) in [5.74, 6) is 1.34. The van der Waals surface area contributed by atoms with Crippen LogP contribution < -0.4 is 0 Å². The van der Waals surface area contributed by atoms with E-state index in [0.29, 0.717) is 5.88 Å². The number of nitrogens with zero attached hydrogens (tertiary/aromatic N) is 3. The first-order valence-corrected chi connectivity index (χ1v) is 6.13. The number of hydrogen-bond donors (Lipinski definition) is 0. The van der Waals surface area contributed by atoms with Crippen LogP contribution in [0.2, 0.25) is 0 Å². The molecular weight excluding hydrogens is 234 g/mol. The van der Waals surface area contributed by atoms with Gasteiger partial charge < -0.3 is 0 Å². The third-order valence-electron chi connectivity index (χ3n) is 3.02. The molecule has 0 saturated heterocycles. The first-order valence-electron chi connectivity index (χ1n) is 5.59. The van der Waals surface area contributed by atoms with Crippen LogP contribution in [-0.2, 0) is 5.88 Å². The van der Waals surface area contributed by atoms with Crippen LogP contribution in [0.5, 0.6) is 0 Å². The summed E-state index contributed by atoms with van der Waals surface area (Å²) in [6.45, 7) is 8.11. The molecule has 0 aliphatic rings. The molecule has 0 atom stereocenters. The second-order valence-corrected chi connectivity index (χ2v) is 4.58. The van der Waals surface area contributed by atoms with Gasteiger partial charge in [0.2, 0.25) is 0 Å². The van der Waals surface area contributed by atoms with E-state index >= 15 is 0 Å². The predicted molar refractivity (Wildman–Crippen MR) is 69.9 cm³/mol. The Morgan fingerprint density at radius 1 is 1.18 bits per heavy atom. The van der Waals surface area contributed by atoms with Crippen molar-refractivity contribution in [1.82, 2.24) is 14.8 Å². The maximum Gasteiger partial charge on any atom is 0.154 e. The number of aryl methyl sites for hydroxylation is 2. The summed E-state index contributed by atoms with van der Waals surface area (Å²) in [5, 5.41) is 4.51. The Balaban J connectivity index is 2.59. The summed E-state index contributed by atoms with van der Waals surface area (Å²) in [5.41, 5.74) is 5.41. The molecule has 2 aromatic heterocycles. The highest BCUT2D eigenvalue weighted by Gasteiger charge is 2.10. The molecule has 4 heteroatoms. The fraction of sp³-hybridized carbons (Fsp3) is 0.385. The van der Waals surface area contributed by atoms with Gasteiger partial charge in [-0.1, -0.05) is 0 Å². The van der Waals surface area contributed by atoms with Gasteiger partial charge in [-0.25, -0.2) is 9.67 Å². The van der Waals surface area contributed by atoms with Gasteiger partial charge in [0.15, 0.2) is 5.82 Å². The van der Waals surface area contributed by atoms with E-state index in [4.69, 9.17) is 11.6 Å². The second kappa shape index (κ2) is 4.49. The van der Waals surface area contributed by atoms with Crippen molar-refractivity contribution in [3.8, 4) is 5.82 Å². The molecule has 2 heterocycles. The minimum absolute atomic E-state index is 0.495. The van der Waals surface area contributed by atoms with E-state index in [1.807, 2.05) is 30.7 Å². The predicted octanol–water partition coefficient (Wildman–Crippen LogP) is 3.24. The lowest BCUT2D eigenvalue weighted by atomic mass is 10.2. The molecule has 2 aromatic rings. The molecule has 0 aliphatic carbocycles. The van der Waals surface area contributed by atoms with Gasteiger partial charge in [-0.15, -0.1) is 11.6 Å². The zero-order valence-electron chi connectivity index (χ0n) is 10.6. The quantitative estimate of drug-likeness (QED) is 0.765. The summed E-state index contributed by atoms with van der Waals surface area (Å²) in [6, 6.07) is 3.98. The molecule has 17 heavy (non-hydrogen) atoms. The molecular formula is C13H16ClN3. The van der Waals surface area contributed by atoms with Crippen molar-refractivity contribution in [2.24, 2.45) is 0 Å². The Morgan fingerprint density at radius 2 is 1.88 bits per heavy atom. The third-order valence-corrected chi connectivity index (χ3v) is 3.33. The van der Waals surface area contributed by atoms with E-state index in [-0.39, 0.29) is 0 Å². The lowest BCUT2D eigenvalue weighted by molar-refractivity contribution is 0.799. The molecule has 0 unspecified atom stereocenters. The van der Waals surface area contributed by atoms with Gasteiger partial charge in [-0.05, 0) is 51.0 Å². The van der Waals surface area contributed by atoms with E-state index in [1.165, 1.54) is 5.56 Å². The minimum Gasteiger partial charge on any atom is -0.234 e. The van der Waals surface area contributed by atoms with Crippen LogP contribution in [0.15, 0.2) is 12.1 Å². The average Bonchev–Trinajstić information content (AvgIpc) is 2.56. The van der Waals surface area contributed by atoms with Crippen molar-refractivity contribution in [2.45, 2.75) is 33.6 Å². The van der Waals surface area contributed by atoms with E-state index < -0.39 is 0 Å². The van der Waals surface area contributed by atoms with Crippen molar-refractivity contribution < 1.29 is 0 Å². The van der Waals surface area contributed by atoms with E-state index in [0.717, 1.165) is 28.5 Å². The van der Waals surface area contributed by atoms with Crippen LogP contribution in [0.25, 0.3) is 5.82 Å². The van der Waals surface area contributed by atoms with Crippen molar-refractivity contribution in [1.29, 1.82) is 0 Å². The Bertz CT molecular complexity index is 558. The molecule has 0 bridgehead atoms. The molecule has 0 aromatic carbocycles. The standard InChI is InChI=1S/C13H16ClN3/c1-8-5-12(7-14)6-13(15-8)17-11(4)9(2)10(3)16-17/h5-6H,7H2,1-4H3. The minimum atomic E-state index is 0.495. The summed E-state index contributed by atoms with van der Waals surface area (Å²) in [4.78, 5) is 4.51. The van der Waals surface area contributed by atoms with Gasteiger partial charge in [-0.3, -0.25) is 0 Å². The number of halogens is 1. The lowest BCUT2D eigenvalue weighted by Gasteiger charge is -2.07. The number of aromatic nitrogens is 3. The number of alkyl halides is 1. The highest BCUT2D eigenvalue weighted by atomic mass is 35.5. The molecule has 3 nitrogen and oxygen atoms in total. The summed E-state index contributed by atoms with van der Waals surface area (Å²) in [6.07, 6.45) is 0. The average molecular weight is 250 g/mol. The van der Waals surface area contributed by atoms with Crippen LogP contribution in [0.3, 0.4) is 0 Å². The van der Waals surface area contributed by atoms with Gasteiger partial charge in [0.1, 0.15) is 0 Å². The van der Waals surface area contributed by atoms with E-state index in [9.17, 15) is 0 Å². The second-order valence-electron chi connectivity index (χ2n) is 4.32. The molecule has 0 N–H and O–H groups in total. The number of hydrogen-bond acceptors (Lipinski definition) is 2. The molecule has 0 radical (unpaired) electrons. The van der Waals surface area contributed by atoms with Crippen LogP contribution in [0.1, 0.15) is 28.2 Å². The van der Waals surface area contributed by atoms with Gasteiger partial charge >= 0.3 is 0 Å². The van der Waals surface area contributed by atoms with Crippen LogP contribution in [0, 0.1) is 27.7 Å². The maximum absolute atomic E-state index is 5.88. The highest BCUT2D eigenvalue weighted by molar-refractivity contribution is 6.17. The molecule has 2 rings (SSSR count). The number of rotatable bonds is 2. The van der Waals surface area contributed by atoms with E-state index in [1.54, 1.807) is 0 Å². The number of pyridine rings is 1. The Kier molecular flexibility index (Phi) is 3.20. The molecule has 0 spiro atoms. The monoisotopic (exact) mass is 249 g/mol. The fourth-order valence-electron chi connectivity index (χ4n) is 1.85. The molecule has 0 fully saturated rings. The van der Waals surface area contributed by atoms with Crippen LogP contribution >= 0.6 is 11.6 Å². The maximum atomic E-state index is 5.88. The SMILES string of the molecule is Cc1cc(CCl)cc(-n2nc(C)c(C)c2C)n1. The van der Waals surface area contributed by atoms with Crippen LogP contribution in [0.4, 0.5) is 0 Å². The van der Waals surface area contributed by atoms with Crippen LogP contribution in [-0.4, -0.2) is 14.8 Å². The first-order chi connectivity index (χ1) is 8.02. The molecule has 0 amide bonds. The Labute approximate surface area is 106 Å². The van der Waals surface area contributed by atoms with Crippen molar-refractivity contribution in [3.05, 3.63) is 40.3 Å². The zero-order valence-corrected chi connectivity index (χ0v) is 11.3. The lowest BCUT2D eigenvalue weighted by Crippen LogP contribution is -2.04. The molecule has 0 saturated carbocycles. The van der Waals surface area contributed by atoms with Gasteiger partial charge in [0, 0.05) is 17.3 Å². The third kappa shape index (κ3) is 2.20. The fourth-order valence-corrected chi connectivity index (χ4v) is 2.00. The van der Waals surface area contributed by atoms with Gasteiger partial charge in [-0.2, -0.15) is 5.10 Å². The smallest absolute Gasteiger partial charge is 0.154 e. The Morgan fingerprint density at radius 3 is 2.41 bits per heavy atom. The Hall–Kier alpha value is -1.35. The molecule has 0 aliphatic heterocycles. The summed E-state index contributed by atoms with van der Waals surface area (Å²) >= 11 is 5.88. The largest absolute Gasteiger partial charge is 0.234 e.